The van der Waals surface area contributed by atoms with Crippen LogP contribution in [0.3, 0.4) is 0 Å². The van der Waals surface area contributed by atoms with Gasteiger partial charge in [0.2, 0.25) is 0 Å². The van der Waals surface area contributed by atoms with Crippen molar-refractivity contribution in [3.63, 3.8) is 0 Å². The number of carbonyl (C=O) groups is 1. The number of nitrogens with two attached hydrogens (primary N) is 1. The lowest BCUT2D eigenvalue weighted by Crippen LogP contribution is -2.11. The van der Waals surface area contributed by atoms with Crippen LogP contribution in [-0.2, 0) is 4.74 Å². The summed E-state index contributed by atoms with van der Waals surface area (Å²) in [5.74, 6) is 0.0623. The normalized spacial score (nSPS) is 11.1. The first kappa shape index (κ1) is 11.8. The van der Waals surface area contributed by atoms with Gasteiger partial charge in [0.05, 0.1) is 11.5 Å². The lowest BCUT2D eigenvalue weighted by molar-refractivity contribution is 0.0383. The standard InChI is InChI=1S/C11H13N3O2S/c1-5(2)16-11(15)8-6(3)7-9(12)13-4-14-10(7)17-8/h4-5H,1-3H3,(H2,12,13,14). The Balaban J connectivity index is 2.53. The lowest BCUT2D eigenvalue weighted by atomic mass is 10.2. The minimum atomic E-state index is -0.333. The van der Waals surface area contributed by atoms with Crippen LogP contribution in [-0.4, -0.2) is 22.0 Å². The van der Waals surface area contributed by atoms with Gasteiger partial charge in [0, 0.05) is 0 Å². The molecule has 0 radical (unpaired) electrons. The number of aromatic nitrogens is 2. The quantitative estimate of drug-likeness (QED) is 0.827. The number of esters is 1. The third kappa shape index (κ3) is 2.08. The number of hydrogen-bond donors (Lipinski definition) is 1. The summed E-state index contributed by atoms with van der Waals surface area (Å²) in [6.07, 6.45) is 1.25. The van der Waals surface area contributed by atoms with Gasteiger partial charge in [-0.3, -0.25) is 0 Å². The van der Waals surface area contributed by atoms with Gasteiger partial charge in [0.25, 0.3) is 0 Å². The Hall–Kier alpha value is -1.69. The zero-order chi connectivity index (χ0) is 12.6. The van der Waals surface area contributed by atoms with Crippen molar-refractivity contribution in [2.75, 3.05) is 5.73 Å². The molecule has 6 heteroatoms. The summed E-state index contributed by atoms with van der Waals surface area (Å²) in [4.78, 5) is 21.1. The maximum absolute atomic E-state index is 11.9. The third-order valence-corrected chi connectivity index (χ3v) is 3.46. The molecule has 0 aliphatic rings. The van der Waals surface area contributed by atoms with Gasteiger partial charge in [-0.25, -0.2) is 14.8 Å². The summed E-state index contributed by atoms with van der Waals surface area (Å²) in [6, 6.07) is 0. The highest BCUT2D eigenvalue weighted by Crippen LogP contribution is 2.32. The second kappa shape index (κ2) is 4.29. The van der Waals surface area contributed by atoms with Crippen molar-refractivity contribution in [2.24, 2.45) is 0 Å². The van der Waals surface area contributed by atoms with Crippen LogP contribution in [0, 0.1) is 6.92 Å². The molecule has 0 aliphatic carbocycles. The molecule has 2 rings (SSSR count). The Labute approximate surface area is 103 Å². The van der Waals surface area contributed by atoms with Gasteiger partial charge in [-0.15, -0.1) is 11.3 Å². The summed E-state index contributed by atoms with van der Waals surface area (Å²) < 4.78 is 5.17. The minimum absolute atomic E-state index is 0.143. The lowest BCUT2D eigenvalue weighted by Gasteiger charge is -2.06. The number of rotatable bonds is 2. The summed E-state index contributed by atoms with van der Waals surface area (Å²) in [5.41, 5.74) is 6.56. The highest BCUT2D eigenvalue weighted by atomic mass is 32.1. The van der Waals surface area contributed by atoms with Crippen LogP contribution in [0.1, 0.15) is 29.1 Å². The minimum Gasteiger partial charge on any atom is -0.459 e. The van der Waals surface area contributed by atoms with Crippen LogP contribution >= 0.6 is 11.3 Å². The van der Waals surface area contributed by atoms with E-state index < -0.39 is 0 Å². The van der Waals surface area contributed by atoms with Crippen LogP contribution in [0.4, 0.5) is 5.82 Å². The fraction of sp³-hybridized carbons (Fsp3) is 0.364. The zero-order valence-corrected chi connectivity index (χ0v) is 10.7. The Kier molecular flexibility index (Phi) is 2.97. The Morgan fingerprint density at radius 3 is 2.76 bits per heavy atom. The van der Waals surface area contributed by atoms with Crippen molar-refractivity contribution in [1.82, 2.24) is 9.97 Å². The first-order valence-electron chi connectivity index (χ1n) is 5.21. The molecule has 2 N–H and O–H groups in total. The molecule has 90 valence electrons. The molecule has 0 fully saturated rings. The Morgan fingerprint density at radius 1 is 1.47 bits per heavy atom. The number of anilines is 1. The van der Waals surface area contributed by atoms with Gasteiger partial charge in [0.1, 0.15) is 21.9 Å². The number of carbonyl (C=O) groups excluding carboxylic acids is 1. The average molecular weight is 251 g/mol. The molecule has 0 aliphatic heterocycles. The molecule has 0 unspecified atom stereocenters. The highest BCUT2D eigenvalue weighted by molar-refractivity contribution is 7.20. The highest BCUT2D eigenvalue weighted by Gasteiger charge is 2.20. The van der Waals surface area contributed by atoms with E-state index in [4.69, 9.17) is 10.5 Å². The van der Waals surface area contributed by atoms with Crippen LogP contribution in [0.25, 0.3) is 10.2 Å². The van der Waals surface area contributed by atoms with Crippen LogP contribution in [0.15, 0.2) is 6.33 Å². The molecule has 0 spiro atoms. The van der Waals surface area contributed by atoms with Crippen molar-refractivity contribution >= 4 is 33.3 Å². The van der Waals surface area contributed by atoms with Gasteiger partial charge >= 0.3 is 5.97 Å². The van der Waals surface area contributed by atoms with E-state index in [1.54, 1.807) is 0 Å². The second-order valence-electron chi connectivity index (χ2n) is 3.95. The Bertz CT molecular complexity index is 577. The van der Waals surface area contributed by atoms with Crippen molar-refractivity contribution < 1.29 is 9.53 Å². The van der Waals surface area contributed by atoms with Crippen LogP contribution in [0.2, 0.25) is 0 Å². The largest absolute Gasteiger partial charge is 0.459 e. The number of hydrogen-bond acceptors (Lipinski definition) is 6. The summed E-state index contributed by atoms with van der Waals surface area (Å²) in [6.45, 7) is 5.46. The molecule has 2 heterocycles. The van der Waals surface area contributed by atoms with E-state index in [1.807, 2.05) is 20.8 Å². The first-order valence-corrected chi connectivity index (χ1v) is 6.03. The van der Waals surface area contributed by atoms with Gasteiger partial charge in [-0.2, -0.15) is 0 Å². The smallest absolute Gasteiger partial charge is 0.348 e. The zero-order valence-electron chi connectivity index (χ0n) is 9.85. The van der Waals surface area contributed by atoms with E-state index in [9.17, 15) is 4.79 Å². The van der Waals surface area contributed by atoms with E-state index in [1.165, 1.54) is 17.7 Å². The number of nitrogen functional groups attached to an aromatic ring is 1. The third-order valence-electron chi connectivity index (χ3n) is 2.28. The SMILES string of the molecule is Cc1c(C(=O)OC(C)C)sc2ncnc(N)c12. The summed E-state index contributed by atoms with van der Waals surface area (Å²) in [7, 11) is 0. The van der Waals surface area contributed by atoms with Gasteiger partial charge in [-0.05, 0) is 26.3 Å². The molecular weight excluding hydrogens is 238 g/mol. The summed E-state index contributed by atoms with van der Waals surface area (Å²) in [5, 5.41) is 0.744. The first-order chi connectivity index (χ1) is 8.00. The molecule has 0 aromatic carbocycles. The number of aryl methyl sites for hydroxylation is 1. The second-order valence-corrected chi connectivity index (χ2v) is 4.95. The number of thiophene rings is 1. The van der Waals surface area contributed by atoms with Crippen molar-refractivity contribution in [3.05, 3.63) is 16.8 Å². The Morgan fingerprint density at radius 2 is 2.18 bits per heavy atom. The van der Waals surface area contributed by atoms with Crippen molar-refractivity contribution in [2.45, 2.75) is 26.9 Å². The fourth-order valence-electron chi connectivity index (χ4n) is 1.56. The predicted molar refractivity (Wildman–Crippen MR) is 67.1 cm³/mol. The fourth-order valence-corrected chi connectivity index (χ4v) is 2.60. The molecule has 0 bridgehead atoms. The molecule has 0 saturated heterocycles. The number of fused-ring (bicyclic) bond motifs is 1. The molecule has 17 heavy (non-hydrogen) atoms. The van der Waals surface area contributed by atoms with E-state index in [-0.39, 0.29) is 12.1 Å². The van der Waals surface area contributed by atoms with Crippen molar-refractivity contribution in [1.29, 1.82) is 0 Å². The van der Waals surface area contributed by atoms with Gasteiger partial charge in [0.15, 0.2) is 0 Å². The van der Waals surface area contributed by atoms with Crippen LogP contribution < -0.4 is 5.73 Å². The average Bonchev–Trinajstić information content (AvgIpc) is 2.56. The van der Waals surface area contributed by atoms with Gasteiger partial charge < -0.3 is 10.5 Å². The molecule has 2 aromatic heterocycles. The number of nitrogens with zero attached hydrogens (tertiary/aromatic N) is 2. The van der Waals surface area contributed by atoms with Crippen molar-refractivity contribution in [3.8, 4) is 0 Å². The number of ether oxygens (including phenoxy) is 1. The maximum atomic E-state index is 11.9. The predicted octanol–water partition coefficient (Wildman–Crippen LogP) is 2.15. The van der Waals surface area contributed by atoms with Gasteiger partial charge in [-0.1, -0.05) is 0 Å². The monoisotopic (exact) mass is 251 g/mol. The van der Waals surface area contributed by atoms with E-state index >= 15 is 0 Å². The topological polar surface area (TPSA) is 78.1 Å². The molecular formula is C11H13N3O2S. The summed E-state index contributed by atoms with van der Waals surface area (Å²) >= 11 is 1.28. The van der Waals surface area contributed by atoms with E-state index in [0.29, 0.717) is 15.5 Å². The molecule has 5 nitrogen and oxygen atoms in total. The van der Waals surface area contributed by atoms with Crippen LogP contribution in [0.5, 0.6) is 0 Å². The molecule has 2 aromatic rings. The molecule has 0 atom stereocenters. The van der Waals surface area contributed by atoms with E-state index in [0.717, 1.165) is 10.9 Å². The maximum Gasteiger partial charge on any atom is 0.348 e. The van der Waals surface area contributed by atoms with E-state index in [2.05, 4.69) is 9.97 Å². The molecule has 0 amide bonds. The molecule has 0 saturated carbocycles.